The standard InChI is InChI=1S/C15H15FOS/c1-10-5-3-4-6-14(10)18-15-8-7-12(16)9-13(15)11(2)17/h3-9,11,17H,1-2H3/t11-/m1/s1. The number of halogens is 1. The Balaban J connectivity index is 2.37. The molecule has 94 valence electrons. The third kappa shape index (κ3) is 2.92. The second kappa shape index (κ2) is 5.55. The minimum Gasteiger partial charge on any atom is -0.389 e. The maximum absolute atomic E-state index is 13.2. The largest absolute Gasteiger partial charge is 0.389 e. The van der Waals surface area contributed by atoms with Gasteiger partial charge in [0.1, 0.15) is 5.82 Å². The molecule has 0 radical (unpaired) electrons. The molecule has 3 heteroatoms. The molecule has 0 aromatic heterocycles. The first kappa shape index (κ1) is 13.1. The molecule has 2 aromatic rings. The summed E-state index contributed by atoms with van der Waals surface area (Å²) in [7, 11) is 0. The molecule has 0 spiro atoms. The van der Waals surface area contributed by atoms with Crippen LogP contribution >= 0.6 is 11.8 Å². The van der Waals surface area contributed by atoms with Crippen molar-refractivity contribution >= 4 is 11.8 Å². The number of aliphatic hydroxyl groups excluding tert-OH is 1. The Labute approximate surface area is 111 Å². The number of benzene rings is 2. The van der Waals surface area contributed by atoms with Crippen molar-refractivity contribution in [2.24, 2.45) is 0 Å². The van der Waals surface area contributed by atoms with Gasteiger partial charge in [0.05, 0.1) is 6.10 Å². The van der Waals surface area contributed by atoms with Gasteiger partial charge in [-0.05, 0) is 49.2 Å². The van der Waals surface area contributed by atoms with Gasteiger partial charge >= 0.3 is 0 Å². The van der Waals surface area contributed by atoms with Crippen LogP contribution in [0, 0.1) is 12.7 Å². The Hall–Kier alpha value is -1.32. The van der Waals surface area contributed by atoms with Crippen LogP contribution in [0.3, 0.4) is 0 Å². The SMILES string of the molecule is Cc1ccccc1Sc1ccc(F)cc1[C@@H](C)O. The van der Waals surface area contributed by atoms with E-state index in [1.807, 2.05) is 31.2 Å². The Morgan fingerprint density at radius 2 is 1.83 bits per heavy atom. The van der Waals surface area contributed by atoms with Crippen molar-refractivity contribution in [1.29, 1.82) is 0 Å². The lowest BCUT2D eigenvalue weighted by Crippen LogP contribution is -1.95. The second-order valence-corrected chi connectivity index (χ2v) is 5.31. The molecule has 1 atom stereocenters. The Morgan fingerprint density at radius 1 is 1.11 bits per heavy atom. The lowest BCUT2D eigenvalue weighted by molar-refractivity contribution is 0.196. The summed E-state index contributed by atoms with van der Waals surface area (Å²) in [5.74, 6) is -0.319. The highest BCUT2D eigenvalue weighted by Gasteiger charge is 2.11. The smallest absolute Gasteiger partial charge is 0.123 e. The Morgan fingerprint density at radius 3 is 2.50 bits per heavy atom. The summed E-state index contributed by atoms with van der Waals surface area (Å²) < 4.78 is 13.2. The van der Waals surface area contributed by atoms with Crippen molar-refractivity contribution in [1.82, 2.24) is 0 Å². The van der Waals surface area contributed by atoms with Gasteiger partial charge in [-0.3, -0.25) is 0 Å². The first-order chi connectivity index (χ1) is 8.58. The van der Waals surface area contributed by atoms with E-state index < -0.39 is 6.10 Å². The van der Waals surface area contributed by atoms with E-state index in [0.29, 0.717) is 5.56 Å². The van der Waals surface area contributed by atoms with Crippen LogP contribution < -0.4 is 0 Å². The average Bonchev–Trinajstić information content (AvgIpc) is 2.34. The predicted octanol–water partition coefficient (Wildman–Crippen LogP) is 4.34. The molecule has 0 saturated carbocycles. The average molecular weight is 262 g/mol. The van der Waals surface area contributed by atoms with Gasteiger partial charge in [0.15, 0.2) is 0 Å². The van der Waals surface area contributed by atoms with Crippen molar-refractivity contribution in [2.45, 2.75) is 29.7 Å². The molecule has 0 aliphatic rings. The Bertz CT molecular complexity index is 552. The number of aryl methyl sites for hydroxylation is 1. The first-order valence-electron chi connectivity index (χ1n) is 5.79. The van der Waals surface area contributed by atoms with Gasteiger partial charge in [-0.25, -0.2) is 4.39 Å². The van der Waals surface area contributed by atoms with Gasteiger partial charge < -0.3 is 5.11 Å². The van der Waals surface area contributed by atoms with Crippen LogP contribution in [0.5, 0.6) is 0 Å². The maximum Gasteiger partial charge on any atom is 0.123 e. The monoisotopic (exact) mass is 262 g/mol. The van der Waals surface area contributed by atoms with Gasteiger partial charge in [-0.2, -0.15) is 0 Å². The lowest BCUT2D eigenvalue weighted by Gasteiger charge is -2.12. The van der Waals surface area contributed by atoms with Crippen LogP contribution in [0.4, 0.5) is 4.39 Å². The summed E-state index contributed by atoms with van der Waals surface area (Å²) in [6.45, 7) is 3.69. The number of hydrogen-bond acceptors (Lipinski definition) is 2. The zero-order valence-electron chi connectivity index (χ0n) is 10.4. The summed E-state index contributed by atoms with van der Waals surface area (Å²) in [6, 6.07) is 12.6. The highest BCUT2D eigenvalue weighted by Crippen LogP contribution is 2.35. The number of rotatable bonds is 3. The zero-order chi connectivity index (χ0) is 13.1. The van der Waals surface area contributed by atoms with Crippen LogP contribution in [0.1, 0.15) is 24.2 Å². The number of aliphatic hydroxyl groups is 1. The fraction of sp³-hybridized carbons (Fsp3) is 0.200. The lowest BCUT2D eigenvalue weighted by atomic mass is 10.1. The third-order valence-corrected chi connectivity index (χ3v) is 4.01. The molecule has 2 rings (SSSR count). The van der Waals surface area contributed by atoms with E-state index in [0.717, 1.165) is 9.79 Å². The van der Waals surface area contributed by atoms with E-state index >= 15 is 0 Å². The Kier molecular flexibility index (Phi) is 4.04. The molecule has 0 saturated heterocycles. The van der Waals surface area contributed by atoms with E-state index in [4.69, 9.17) is 0 Å². The van der Waals surface area contributed by atoms with E-state index in [1.165, 1.54) is 17.7 Å². The summed E-state index contributed by atoms with van der Waals surface area (Å²) in [6.07, 6.45) is -0.674. The summed E-state index contributed by atoms with van der Waals surface area (Å²) in [5.41, 5.74) is 1.80. The summed E-state index contributed by atoms with van der Waals surface area (Å²) >= 11 is 1.55. The normalized spacial score (nSPS) is 12.4. The predicted molar refractivity (Wildman–Crippen MR) is 72.3 cm³/mol. The molecular weight excluding hydrogens is 247 g/mol. The van der Waals surface area contributed by atoms with E-state index in [-0.39, 0.29) is 5.82 Å². The van der Waals surface area contributed by atoms with Gasteiger partial charge in [0.2, 0.25) is 0 Å². The fourth-order valence-electron chi connectivity index (χ4n) is 1.73. The highest BCUT2D eigenvalue weighted by atomic mass is 32.2. The van der Waals surface area contributed by atoms with Gasteiger partial charge in [-0.1, -0.05) is 30.0 Å². The van der Waals surface area contributed by atoms with E-state index in [2.05, 4.69) is 0 Å². The molecule has 1 N–H and O–H groups in total. The molecule has 2 aromatic carbocycles. The van der Waals surface area contributed by atoms with Crippen LogP contribution in [0.25, 0.3) is 0 Å². The zero-order valence-corrected chi connectivity index (χ0v) is 11.2. The molecule has 0 unspecified atom stereocenters. The van der Waals surface area contributed by atoms with Gasteiger partial charge in [0.25, 0.3) is 0 Å². The van der Waals surface area contributed by atoms with E-state index in [1.54, 1.807) is 24.8 Å². The van der Waals surface area contributed by atoms with Crippen molar-refractivity contribution in [3.05, 3.63) is 59.4 Å². The molecule has 1 nitrogen and oxygen atoms in total. The first-order valence-corrected chi connectivity index (χ1v) is 6.60. The van der Waals surface area contributed by atoms with Crippen molar-refractivity contribution in [3.8, 4) is 0 Å². The second-order valence-electron chi connectivity index (χ2n) is 4.23. The minimum absolute atomic E-state index is 0.319. The van der Waals surface area contributed by atoms with Crippen molar-refractivity contribution < 1.29 is 9.50 Å². The maximum atomic E-state index is 13.2. The van der Waals surface area contributed by atoms with Gasteiger partial charge in [0, 0.05) is 9.79 Å². The molecule has 0 aliphatic heterocycles. The number of hydrogen-bond donors (Lipinski definition) is 1. The quantitative estimate of drug-likeness (QED) is 0.888. The van der Waals surface area contributed by atoms with Gasteiger partial charge in [-0.15, -0.1) is 0 Å². The van der Waals surface area contributed by atoms with E-state index in [9.17, 15) is 9.50 Å². The third-order valence-electron chi connectivity index (χ3n) is 2.74. The van der Waals surface area contributed by atoms with Crippen molar-refractivity contribution in [3.63, 3.8) is 0 Å². The van der Waals surface area contributed by atoms with Crippen molar-refractivity contribution in [2.75, 3.05) is 0 Å². The summed E-state index contributed by atoms with van der Waals surface area (Å²) in [4.78, 5) is 2.01. The molecule has 18 heavy (non-hydrogen) atoms. The molecule has 0 aliphatic carbocycles. The fourth-order valence-corrected chi connectivity index (χ4v) is 2.82. The van der Waals surface area contributed by atoms with Crippen LogP contribution in [0.2, 0.25) is 0 Å². The van der Waals surface area contributed by atoms with Crippen LogP contribution in [-0.2, 0) is 0 Å². The minimum atomic E-state index is -0.674. The molecule has 0 heterocycles. The van der Waals surface area contributed by atoms with Crippen LogP contribution in [-0.4, -0.2) is 5.11 Å². The molecule has 0 bridgehead atoms. The summed E-state index contributed by atoms with van der Waals surface area (Å²) in [5, 5.41) is 9.70. The molecule has 0 fully saturated rings. The molecule has 0 amide bonds. The van der Waals surface area contributed by atoms with Crippen LogP contribution in [0.15, 0.2) is 52.3 Å². The topological polar surface area (TPSA) is 20.2 Å². The molecular formula is C15H15FOS. The highest BCUT2D eigenvalue weighted by molar-refractivity contribution is 7.99.